The zero-order valence-corrected chi connectivity index (χ0v) is 17.1. The van der Waals surface area contributed by atoms with Crippen LogP contribution in [0.3, 0.4) is 0 Å². The van der Waals surface area contributed by atoms with Crippen LogP contribution in [0.15, 0.2) is 34.8 Å². The molecule has 0 N–H and O–H groups in total. The van der Waals surface area contributed by atoms with Crippen LogP contribution in [0.1, 0.15) is 13.8 Å². The number of hydrogen-bond donors (Lipinski definition) is 0. The van der Waals surface area contributed by atoms with E-state index in [0.717, 1.165) is 16.6 Å². The van der Waals surface area contributed by atoms with Gasteiger partial charge in [0.25, 0.3) is 0 Å². The first kappa shape index (κ1) is 19.1. The number of aliphatic imine (C=N–C) groups is 1. The van der Waals surface area contributed by atoms with E-state index in [0.29, 0.717) is 11.5 Å². The maximum atomic E-state index is 12.1. The fourth-order valence-corrected chi connectivity index (χ4v) is 6.17. The highest BCUT2D eigenvalue weighted by Crippen LogP contribution is 2.40. The molecule has 0 saturated carbocycles. The number of ether oxygens (including phenoxy) is 2. The molecule has 6 nitrogen and oxygen atoms in total. The predicted molar refractivity (Wildman–Crippen MR) is 108 cm³/mol. The van der Waals surface area contributed by atoms with Crippen LogP contribution in [0, 0.1) is 0 Å². The van der Waals surface area contributed by atoms with Gasteiger partial charge < -0.3 is 14.4 Å². The number of benzene rings is 1. The molecule has 0 radical (unpaired) electrons. The molecular weight excluding hydrogens is 372 g/mol. The van der Waals surface area contributed by atoms with Crippen LogP contribution >= 0.6 is 11.8 Å². The molecule has 1 fully saturated rings. The van der Waals surface area contributed by atoms with Crippen molar-refractivity contribution in [1.29, 1.82) is 0 Å². The van der Waals surface area contributed by atoms with Crippen molar-refractivity contribution in [3.05, 3.63) is 29.8 Å². The number of sulfone groups is 1. The highest BCUT2D eigenvalue weighted by molar-refractivity contribution is 8.14. The summed E-state index contributed by atoms with van der Waals surface area (Å²) >= 11 is 1.62. The number of allylic oxidation sites excluding steroid dienone is 1. The number of anilines is 1. The monoisotopic (exact) mass is 396 g/mol. The summed E-state index contributed by atoms with van der Waals surface area (Å²) in [6.07, 6.45) is 2.14. The predicted octanol–water partition coefficient (Wildman–Crippen LogP) is 2.74. The minimum absolute atomic E-state index is 0.110. The van der Waals surface area contributed by atoms with E-state index in [2.05, 4.69) is 19.9 Å². The van der Waals surface area contributed by atoms with E-state index in [1.165, 1.54) is 5.57 Å². The summed E-state index contributed by atoms with van der Waals surface area (Å²) in [6, 6.07) is 5.16. The molecule has 1 aromatic rings. The maximum absolute atomic E-state index is 12.1. The van der Waals surface area contributed by atoms with E-state index in [1.54, 1.807) is 26.0 Å². The van der Waals surface area contributed by atoms with Crippen molar-refractivity contribution in [1.82, 2.24) is 0 Å². The number of methoxy groups -OCH3 is 2. The second-order valence-electron chi connectivity index (χ2n) is 6.62. The summed E-state index contributed by atoms with van der Waals surface area (Å²) in [5, 5.41) is 0.843. The minimum Gasteiger partial charge on any atom is -0.497 e. The Morgan fingerprint density at radius 2 is 2.08 bits per heavy atom. The lowest BCUT2D eigenvalue weighted by atomic mass is 10.1. The van der Waals surface area contributed by atoms with Gasteiger partial charge in [-0.25, -0.2) is 8.42 Å². The van der Waals surface area contributed by atoms with Gasteiger partial charge in [-0.1, -0.05) is 23.4 Å². The molecule has 2 atom stereocenters. The number of nitrogens with zero attached hydrogens (tertiary/aromatic N) is 2. The second-order valence-corrected chi connectivity index (χ2v) is 9.76. The van der Waals surface area contributed by atoms with Gasteiger partial charge in [0.05, 0.1) is 43.5 Å². The fourth-order valence-electron chi connectivity index (χ4n) is 3.18. The molecule has 1 aromatic carbocycles. The van der Waals surface area contributed by atoms with Crippen molar-refractivity contribution in [2.75, 3.05) is 36.4 Å². The third-order valence-corrected chi connectivity index (χ3v) is 7.05. The average Bonchev–Trinajstić information content (AvgIpc) is 3.05. The molecule has 142 valence electrons. The van der Waals surface area contributed by atoms with Crippen LogP contribution in [0.25, 0.3) is 0 Å². The molecule has 0 amide bonds. The van der Waals surface area contributed by atoms with Crippen molar-refractivity contribution < 1.29 is 17.9 Å². The van der Waals surface area contributed by atoms with Gasteiger partial charge in [0, 0.05) is 11.8 Å². The Balaban J connectivity index is 1.97. The molecule has 3 rings (SSSR count). The summed E-state index contributed by atoms with van der Waals surface area (Å²) < 4.78 is 35.1. The van der Waals surface area contributed by atoms with E-state index in [4.69, 9.17) is 14.5 Å². The van der Waals surface area contributed by atoms with E-state index >= 15 is 0 Å². The Morgan fingerprint density at radius 3 is 2.73 bits per heavy atom. The third kappa shape index (κ3) is 3.86. The summed E-state index contributed by atoms with van der Waals surface area (Å²) in [7, 11) is 0.133. The van der Waals surface area contributed by atoms with Gasteiger partial charge >= 0.3 is 0 Å². The van der Waals surface area contributed by atoms with Crippen molar-refractivity contribution in [2.45, 2.75) is 25.9 Å². The van der Waals surface area contributed by atoms with Gasteiger partial charge in [-0.3, -0.25) is 4.99 Å². The largest absolute Gasteiger partial charge is 0.497 e. The Morgan fingerprint density at radius 1 is 1.31 bits per heavy atom. The number of hydrogen-bond acceptors (Lipinski definition) is 7. The molecule has 0 aromatic heterocycles. The van der Waals surface area contributed by atoms with Crippen LogP contribution < -0.4 is 14.4 Å². The smallest absolute Gasteiger partial charge is 0.164 e. The number of thioether (sulfide) groups is 1. The molecule has 0 spiro atoms. The first-order chi connectivity index (χ1) is 12.3. The highest BCUT2D eigenvalue weighted by atomic mass is 32.2. The lowest BCUT2D eigenvalue weighted by Gasteiger charge is -2.28. The average molecular weight is 397 g/mol. The van der Waals surface area contributed by atoms with E-state index < -0.39 is 9.84 Å². The lowest BCUT2D eigenvalue weighted by molar-refractivity contribution is 0.394. The Hall–Kier alpha value is -1.67. The summed E-state index contributed by atoms with van der Waals surface area (Å²) in [5.41, 5.74) is 2.06. The molecule has 2 aliphatic rings. The Bertz CT molecular complexity index is 845. The van der Waals surface area contributed by atoms with Crippen molar-refractivity contribution in [2.24, 2.45) is 4.99 Å². The van der Waals surface area contributed by atoms with Gasteiger partial charge in [0.2, 0.25) is 0 Å². The topological polar surface area (TPSA) is 68.2 Å². The summed E-state index contributed by atoms with van der Waals surface area (Å²) in [6.45, 7) is 4.12. The van der Waals surface area contributed by atoms with E-state index in [-0.39, 0.29) is 23.6 Å². The van der Waals surface area contributed by atoms with E-state index in [1.807, 2.05) is 23.1 Å². The Labute approximate surface area is 159 Å². The zero-order valence-electron chi connectivity index (χ0n) is 15.4. The third-order valence-electron chi connectivity index (χ3n) is 4.46. The van der Waals surface area contributed by atoms with Gasteiger partial charge in [0.1, 0.15) is 11.5 Å². The first-order valence-electron chi connectivity index (χ1n) is 8.40. The van der Waals surface area contributed by atoms with Crippen molar-refractivity contribution in [3.8, 4) is 11.5 Å². The first-order valence-corrected chi connectivity index (χ1v) is 11.2. The van der Waals surface area contributed by atoms with Gasteiger partial charge in [-0.05, 0) is 26.0 Å². The van der Waals surface area contributed by atoms with Gasteiger partial charge in [-0.15, -0.1) is 0 Å². The molecule has 2 aliphatic heterocycles. The molecule has 1 saturated heterocycles. The molecule has 8 heteroatoms. The number of amidine groups is 1. The molecule has 0 bridgehead atoms. The summed E-state index contributed by atoms with van der Waals surface area (Å²) in [4.78, 5) is 6.75. The molecular formula is C18H24N2O4S2. The quantitative estimate of drug-likeness (QED) is 0.713. The fraction of sp³-hybridized carbons (Fsp3) is 0.500. The van der Waals surface area contributed by atoms with Crippen LogP contribution in [-0.2, 0) is 9.84 Å². The molecule has 26 heavy (non-hydrogen) atoms. The van der Waals surface area contributed by atoms with Crippen LogP contribution in [-0.4, -0.2) is 57.1 Å². The lowest BCUT2D eigenvalue weighted by Crippen LogP contribution is -2.39. The highest BCUT2D eigenvalue weighted by Gasteiger charge is 2.47. The van der Waals surface area contributed by atoms with E-state index in [9.17, 15) is 8.42 Å². The standard InChI is InChI=1S/C18H24N2O4S2/c1-12(2)7-8-25-18-19-14-10-26(21,22)11-16(14)20(18)15-6-5-13(23-3)9-17(15)24-4/h5-7,9,14,16H,8,10-11H2,1-4H3. The van der Waals surface area contributed by atoms with Crippen molar-refractivity contribution >= 4 is 32.5 Å². The van der Waals surface area contributed by atoms with Crippen LogP contribution in [0.4, 0.5) is 5.69 Å². The van der Waals surface area contributed by atoms with Gasteiger partial charge in [0.15, 0.2) is 15.0 Å². The zero-order chi connectivity index (χ0) is 18.9. The van der Waals surface area contributed by atoms with Crippen molar-refractivity contribution in [3.63, 3.8) is 0 Å². The SMILES string of the molecule is COc1ccc(N2C(SCC=C(C)C)=NC3CS(=O)(=O)CC32)c(OC)c1. The minimum atomic E-state index is -3.07. The normalized spacial score (nSPS) is 23.4. The molecule has 0 aliphatic carbocycles. The van der Waals surface area contributed by atoms with Crippen LogP contribution in [0.2, 0.25) is 0 Å². The molecule has 2 unspecified atom stereocenters. The van der Waals surface area contributed by atoms with Gasteiger partial charge in [-0.2, -0.15) is 0 Å². The number of rotatable bonds is 5. The maximum Gasteiger partial charge on any atom is 0.164 e. The summed E-state index contributed by atoms with van der Waals surface area (Å²) in [5.74, 6) is 2.35. The Kier molecular flexibility index (Phi) is 5.53. The molecule has 2 heterocycles. The van der Waals surface area contributed by atoms with Crippen LogP contribution in [0.5, 0.6) is 11.5 Å². The second kappa shape index (κ2) is 7.52. The number of fused-ring (bicyclic) bond motifs is 1.